The number of amides is 1. The van der Waals surface area contributed by atoms with Crippen molar-refractivity contribution in [3.8, 4) is 0 Å². The summed E-state index contributed by atoms with van der Waals surface area (Å²) in [5.74, 6) is 1.28. The molecule has 0 radical (unpaired) electrons. The van der Waals surface area contributed by atoms with E-state index in [1.165, 1.54) is 0 Å². The van der Waals surface area contributed by atoms with E-state index in [-0.39, 0.29) is 5.91 Å². The zero-order valence-corrected chi connectivity index (χ0v) is 15.3. The number of hydrogen-bond donors (Lipinski definition) is 3. The normalized spacial score (nSPS) is 10.2. The number of rotatable bonds is 7. The van der Waals surface area contributed by atoms with Gasteiger partial charge in [-0.2, -0.15) is 4.98 Å². The van der Waals surface area contributed by atoms with Crippen LogP contribution in [0, 0.1) is 10.5 Å². The second kappa shape index (κ2) is 8.66. The van der Waals surface area contributed by atoms with E-state index in [0.29, 0.717) is 24.6 Å². The molecule has 0 unspecified atom stereocenters. The van der Waals surface area contributed by atoms with Crippen LogP contribution in [-0.2, 0) is 0 Å². The van der Waals surface area contributed by atoms with Gasteiger partial charge in [-0.3, -0.25) is 4.79 Å². The first-order valence-corrected chi connectivity index (χ1v) is 8.53. The number of nitrogens with one attached hydrogen (secondary N) is 3. The van der Waals surface area contributed by atoms with Crippen LogP contribution < -0.4 is 16.0 Å². The minimum absolute atomic E-state index is 0.0717. The molecule has 6 nitrogen and oxygen atoms in total. The molecule has 0 aliphatic heterocycles. The first-order chi connectivity index (χ1) is 11.1. The van der Waals surface area contributed by atoms with Gasteiger partial charge in [0, 0.05) is 40.5 Å². The molecule has 0 saturated carbocycles. The van der Waals surface area contributed by atoms with E-state index in [9.17, 15) is 4.79 Å². The van der Waals surface area contributed by atoms with Crippen molar-refractivity contribution in [3.05, 3.63) is 45.2 Å². The van der Waals surface area contributed by atoms with Gasteiger partial charge in [0.05, 0.1) is 0 Å². The molecule has 0 saturated heterocycles. The molecule has 2 aromatic rings. The number of benzene rings is 1. The number of aromatic nitrogens is 2. The highest BCUT2D eigenvalue weighted by Gasteiger charge is 2.05. The fraction of sp³-hybridized carbons (Fsp3) is 0.312. The van der Waals surface area contributed by atoms with Crippen molar-refractivity contribution in [2.24, 2.45) is 0 Å². The molecular weight excluding hydrogens is 405 g/mol. The van der Waals surface area contributed by atoms with Gasteiger partial charge in [0.1, 0.15) is 5.82 Å². The lowest BCUT2D eigenvalue weighted by Crippen LogP contribution is -2.29. The van der Waals surface area contributed by atoms with Gasteiger partial charge in [-0.15, -0.1) is 0 Å². The zero-order valence-electron chi connectivity index (χ0n) is 13.2. The average Bonchev–Trinajstić information content (AvgIpc) is 2.51. The van der Waals surface area contributed by atoms with Crippen molar-refractivity contribution in [2.75, 3.05) is 30.3 Å². The molecule has 0 bridgehead atoms. The summed E-state index contributed by atoms with van der Waals surface area (Å²) in [4.78, 5) is 20.7. The molecule has 7 heteroatoms. The van der Waals surface area contributed by atoms with Crippen molar-refractivity contribution in [3.63, 3.8) is 0 Å². The number of carbonyl (C=O) groups is 1. The Hall–Kier alpha value is -1.90. The van der Waals surface area contributed by atoms with Gasteiger partial charge < -0.3 is 16.0 Å². The van der Waals surface area contributed by atoms with Crippen LogP contribution in [0.5, 0.6) is 0 Å². The quantitative estimate of drug-likeness (QED) is 0.470. The lowest BCUT2D eigenvalue weighted by Gasteiger charge is -2.10. The Labute approximate surface area is 149 Å². The third kappa shape index (κ3) is 5.66. The van der Waals surface area contributed by atoms with E-state index < -0.39 is 0 Å². The highest BCUT2D eigenvalue weighted by molar-refractivity contribution is 14.1. The summed E-state index contributed by atoms with van der Waals surface area (Å²) >= 11 is 2.19. The van der Waals surface area contributed by atoms with E-state index in [2.05, 4.69) is 48.5 Å². The fourth-order valence-corrected chi connectivity index (χ4v) is 2.54. The first-order valence-electron chi connectivity index (χ1n) is 7.45. The highest BCUT2D eigenvalue weighted by atomic mass is 127. The summed E-state index contributed by atoms with van der Waals surface area (Å²) < 4.78 is 1.04. The van der Waals surface area contributed by atoms with Gasteiger partial charge in [0.15, 0.2) is 0 Å². The number of hydrogen-bond acceptors (Lipinski definition) is 5. The lowest BCUT2D eigenvalue weighted by atomic mass is 10.2. The number of aryl methyl sites for hydroxylation is 1. The van der Waals surface area contributed by atoms with Crippen LogP contribution in [0.3, 0.4) is 0 Å². The third-order valence-electron chi connectivity index (χ3n) is 2.99. The Balaban J connectivity index is 1.82. The lowest BCUT2D eigenvalue weighted by molar-refractivity contribution is 0.0955. The van der Waals surface area contributed by atoms with Gasteiger partial charge in [-0.25, -0.2) is 4.98 Å². The maximum Gasteiger partial charge on any atom is 0.251 e. The second-order valence-corrected chi connectivity index (χ2v) is 6.19. The molecule has 1 heterocycles. The minimum Gasteiger partial charge on any atom is -0.368 e. The van der Waals surface area contributed by atoms with Crippen LogP contribution >= 0.6 is 22.6 Å². The predicted octanol–water partition coefficient (Wildman–Crippen LogP) is 2.66. The summed E-state index contributed by atoms with van der Waals surface area (Å²) in [6.07, 6.45) is 0. The predicted molar refractivity (Wildman–Crippen MR) is 101 cm³/mol. The van der Waals surface area contributed by atoms with E-state index in [1.54, 1.807) is 6.07 Å². The molecule has 2 rings (SSSR count). The second-order valence-electron chi connectivity index (χ2n) is 4.94. The van der Waals surface area contributed by atoms with Crippen LogP contribution in [0.15, 0.2) is 30.3 Å². The Morgan fingerprint density at radius 2 is 2.00 bits per heavy atom. The van der Waals surface area contributed by atoms with Crippen molar-refractivity contribution >= 4 is 40.3 Å². The molecular formula is C16H20IN5O. The van der Waals surface area contributed by atoms with Crippen LogP contribution in [0.1, 0.15) is 23.0 Å². The van der Waals surface area contributed by atoms with Gasteiger partial charge in [-0.1, -0.05) is 6.07 Å². The smallest absolute Gasteiger partial charge is 0.251 e. The highest BCUT2D eigenvalue weighted by Crippen LogP contribution is 2.09. The average molecular weight is 425 g/mol. The van der Waals surface area contributed by atoms with Crippen LogP contribution in [0.25, 0.3) is 0 Å². The standard InChI is InChI=1S/C16H20IN5O/c1-3-18-16-21-11(2)9-14(22-16)19-7-8-20-15(23)12-5-4-6-13(17)10-12/h4-6,9-10H,3,7-8H2,1-2H3,(H,20,23)(H2,18,19,21,22). The molecule has 122 valence electrons. The van der Waals surface area contributed by atoms with Crippen LogP contribution in [-0.4, -0.2) is 35.5 Å². The molecule has 23 heavy (non-hydrogen) atoms. The molecule has 1 amide bonds. The van der Waals surface area contributed by atoms with E-state index in [0.717, 1.165) is 21.6 Å². The number of carbonyl (C=O) groups excluding carboxylic acids is 1. The Kier molecular flexibility index (Phi) is 6.57. The molecule has 3 N–H and O–H groups in total. The maximum atomic E-state index is 12.0. The van der Waals surface area contributed by atoms with E-state index in [1.807, 2.05) is 38.1 Å². The molecule has 0 fully saturated rings. The van der Waals surface area contributed by atoms with E-state index >= 15 is 0 Å². The summed E-state index contributed by atoms with van der Waals surface area (Å²) in [6, 6.07) is 9.38. The Morgan fingerprint density at radius 1 is 1.17 bits per heavy atom. The Morgan fingerprint density at radius 3 is 2.74 bits per heavy atom. The molecule has 1 aromatic carbocycles. The molecule has 0 spiro atoms. The first kappa shape index (κ1) is 17.5. The summed E-state index contributed by atoms with van der Waals surface area (Å²) in [6.45, 7) is 5.81. The maximum absolute atomic E-state index is 12.0. The van der Waals surface area contributed by atoms with Crippen LogP contribution in [0.4, 0.5) is 11.8 Å². The van der Waals surface area contributed by atoms with Gasteiger partial charge in [0.25, 0.3) is 5.91 Å². The fourth-order valence-electron chi connectivity index (χ4n) is 1.99. The van der Waals surface area contributed by atoms with Crippen molar-refractivity contribution in [2.45, 2.75) is 13.8 Å². The van der Waals surface area contributed by atoms with Crippen molar-refractivity contribution in [1.82, 2.24) is 15.3 Å². The topological polar surface area (TPSA) is 78.9 Å². The van der Waals surface area contributed by atoms with Gasteiger partial charge >= 0.3 is 0 Å². The van der Waals surface area contributed by atoms with Gasteiger partial charge in [-0.05, 0) is 54.6 Å². The number of anilines is 2. The molecule has 0 aliphatic carbocycles. The molecule has 1 aromatic heterocycles. The summed E-state index contributed by atoms with van der Waals surface area (Å²) in [5.41, 5.74) is 1.56. The van der Waals surface area contributed by atoms with Crippen molar-refractivity contribution < 1.29 is 4.79 Å². The van der Waals surface area contributed by atoms with Gasteiger partial charge in [0.2, 0.25) is 5.95 Å². The minimum atomic E-state index is -0.0717. The monoisotopic (exact) mass is 425 g/mol. The van der Waals surface area contributed by atoms with Crippen LogP contribution in [0.2, 0.25) is 0 Å². The largest absolute Gasteiger partial charge is 0.368 e. The molecule has 0 aliphatic rings. The Bertz CT molecular complexity index is 677. The third-order valence-corrected chi connectivity index (χ3v) is 3.66. The number of halogens is 1. The molecule has 0 atom stereocenters. The van der Waals surface area contributed by atoms with E-state index in [4.69, 9.17) is 0 Å². The summed E-state index contributed by atoms with van der Waals surface area (Å²) in [5, 5.41) is 9.17. The number of nitrogens with zero attached hydrogens (tertiary/aromatic N) is 2. The van der Waals surface area contributed by atoms with Crippen molar-refractivity contribution in [1.29, 1.82) is 0 Å². The SMILES string of the molecule is CCNc1nc(C)cc(NCCNC(=O)c2cccc(I)c2)n1. The zero-order chi connectivity index (χ0) is 16.7. The summed E-state index contributed by atoms with van der Waals surface area (Å²) in [7, 11) is 0.